The molecule has 0 aromatic rings. The zero-order valence-electron chi connectivity index (χ0n) is 11.5. The lowest BCUT2D eigenvalue weighted by molar-refractivity contribution is 0.394. The summed E-state index contributed by atoms with van der Waals surface area (Å²) >= 11 is 0. The van der Waals surface area contributed by atoms with Crippen molar-refractivity contribution in [3.05, 3.63) is 0 Å². The van der Waals surface area contributed by atoms with Crippen LogP contribution < -0.4 is 5.32 Å². The van der Waals surface area contributed by atoms with E-state index < -0.39 is 10.0 Å². The molecular weight excluding hydrogens is 236 g/mol. The standard InChI is InChI=1S/C12H28N2O2S/c1-4-6-10-14(11-7-5-2)17(15,16)12-8-9-13-3/h13H,4-12H2,1-3H3. The average molecular weight is 264 g/mol. The quantitative estimate of drug-likeness (QED) is 0.579. The molecule has 104 valence electrons. The third-order valence-corrected chi connectivity index (χ3v) is 4.70. The first-order valence-corrected chi connectivity index (χ1v) is 8.31. The van der Waals surface area contributed by atoms with Crippen LogP contribution in [0.1, 0.15) is 46.0 Å². The Kier molecular flexibility index (Phi) is 9.78. The summed E-state index contributed by atoms with van der Waals surface area (Å²) < 4.78 is 25.9. The molecule has 4 nitrogen and oxygen atoms in total. The van der Waals surface area contributed by atoms with E-state index in [0.29, 0.717) is 19.5 Å². The van der Waals surface area contributed by atoms with E-state index in [1.807, 2.05) is 7.05 Å². The van der Waals surface area contributed by atoms with Gasteiger partial charge in [-0.3, -0.25) is 0 Å². The zero-order chi connectivity index (χ0) is 13.1. The molecule has 0 fully saturated rings. The molecule has 0 aliphatic rings. The maximum Gasteiger partial charge on any atom is 0.214 e. The molecule has 0 aliphatic heterocycles. The van der Waals surface area contributed by atoms with E-state index in [0.717, 1.165) is 32.2 Å². The summed E-state index contributed by atoms with van der Waals surface area (Å²) in [5.41, 5.74) is 0. The van der Waals surface area contributed by atoms with Gasteiger partial charge in [-0.25, -0.2) is 12.7 Å². The number of hydrogen-bond acceptors (Lipinski definition) is 3. The zero-order valence-corrected chi connectivity index (χ0v) is 12.4. The van der Waals surface area contributed by atoms with Gasteiger partial charge < -0.3 is 5.32 Å². The van der Waals surface area contributed by atoms with E-state index in [9.17, 15) is 8.42 Å². The van der Waals surface area contributed by atoms with Gasteiger partial charge in [0.05, 0.1) is 5.75 Å². The molecule has 0 radical (unpaired) electrons. The molecule has 0 rings (SSSR count). The lowest BCUT2D eigenvalue weighted by Crippen LogP contribution is -2.35. The monoisotopic (exact) mass is 264 g/mol. The smallest absolute Gasteiger partial charge is 0.214 e. The average Bonchev–Trinajstić information content (AvgIpc) is 2.29. The number of hydrogen-bond donors (Lipinski definition) is 1. The first-order chi connectivity index (χ1) is 8.08. The van der Waals surface area contributed by atoms with Gasteiger partial charge in [-0.05, 0) is 32.9 Å². The van der Waals surface area contributed by atoms with Gasteiger partial charge in [0, 0.05) is 13.1 Å². The molecule has 0 saturated heterocycles. The first-order valence-electron chi connectivity index (χ1n) is 6.70. The highest BCUT2D eigenvalue weighted by molar-refractivity contribution is 7.89. The molecule has 0 atom stereocenters. The normalized spacial score (nSPS) is 12.2. The van der Waals surface area contributed by atoms with Gasteiger partial charge in [0.2, 0.25) is 10.0 Å². The van der Waals surface area contributed by atoms with Gasteiger partial charge in [-0.15, -0.1) is 0 Å². The fourth-order valence-corrected chi connectivity index (χ4v) is 3.20. The second kappa shape index (κ2) is 9.85. The van der Waals surface area contributed by atoms with Crippen LogP contribution in [-0.2, 0) is 10.0 Å². The van der Waals surface area contributed by atoms with Crippen molar-refractivity contribution in [3.8, 4) is 0 Å². The molecule has 0 bridgehead atoms. The molecule has 1 N–H and O–H groups in total. The van der Waals surface area contributed by atoms with E-state index in [1.165, 1.54) is 0 Å². The van der Waals surface area contributed by atoms with Gasteiger partial charge in [0.15, 0.2) is 0 Å². The van der Waals surface area contributed by atoms with Gasteiger partial charge >= 0.3 is 0 Å². The summed E-state index contributed by atoms with van der Waals surface area (Å²) in [6.07, 6.45) is 4.67. The number of sulfonamides is 1. The highest BCUT2D eigenvalue weighted by Crippen LogP contribution is 2.08. The van der Waals surface area contributed by atoms with Crippen molar-refractivity contribution in [2.75, 3.05) is 32.4 Å². The van der Waals surface area contributed by atoms with Crippen molar-refractivity contribution in [3.63, 3.8) is 0 Å². The van der Waals surface area contributed by atoms with Crippen LogP contribution in [0.25, 0.3) is 0 Å². The summed E-state index contributed by atoms with van der Waals surface area (Å²) in [5, 5.41) is 2.98. The van der Waals surface area contributed by atoms with E-state index in [-0.39, 0.29) is 5.75 Å². The largest absolute Gasteiger partial charge is 0.320 e. The molecule has 0 amide bonds. The van der Waals surface area contributed by atoms with Crippen LogP contribution in [0.3, 0.4) is 0 Å². The minimum atomic E-state index is -3.05. The Balaban J connectivity index is 4.30. The van der Waals surface area contributed by atoms with Crippen LogP contribution in [0, 0.1) is 0 Å². The Labute approximate surface area is 107 Å². The van der Waals surface area contributed by atoms with Crippen LogP contribution in [-0.4, -0.2) is 45.2 Å². The van der Waals surface area contributed by atoms with Gasteiger partial charge in [0.1, 0.15) is 0 Å². The fraction of sp³-hybridized carbons (Fsp3) is 1.00. The predicted octanol–water partition coefficient (Wildman–Crippen LogP) is 1.83. The van der Waals surface area contributed by atoms with Gasteiger partial charge in [0.25, 0.3) is 0 Å². The maximum absolute atomic E-state index is 12.1. The lowest BCUT2D eigenvalue weighted by Gasteiger charge is -2.21. The van der Waals surface area contributed by atoms with Crippen LogP contribution in [0.15, 0.2) is 0 Å². The topological polar surface area (TPSA) is 49.4 Å². The third kappa shape index (κ3) is 7.73. The SMILES string of the molecule is CCCCN(CCCC)S(=O)(=O)CCCNC. The van der Waals surface area contributed by atoms with Crippen LogP contribution in [0.4, 0.5) is 0 Å². The second-order valence-electron chi connectivity index (χ2n) is 4.38. The Morgan fingerprint density at radius 2 is 1.53 bits per heavy atom. The molecule has 17 heavy (non-hydrogen) atoms. The molecule has 0 heterocycles. The minimum absolute atomic E-state index is 0.265. The van der Waals surface area contributed by atoms with Gasteiger partial charge in [-0.1, -0.05) is 26.7 Å². The number of nitrogens with zero attached hydrogens (tertiary/aromatic N) is 1. The summed E-state index contributed by atoms with van der Waals surface area (Å²) in [6.45, 7) is 6.29. The highest BCUT2D eigenvalue weighted by Gasteiger charge is 2.20. The van der Waals surface area contributed by atoms with E-state index in [1.54, 1.807) is 4.31 Å². The van der Waals surface area contributed by atoms with E-state index in [2.05, 4.69) is 19.2 Å². The summed E-state index contributed by atoms with van der Waals surface area (Å²) in [6, 6.07) is 0. The van der Waals surface area contributed by atoms with Crippen molar-refractivity contribution in [1.29, 1.82) is 0 Å². The van der Waals surface area contributed by atoms with Crippen LogP contribution in [0.2, 0.25) is 0 Å². The van der Waals surface area contributed by atoms with Crippen molar-refractivity contribution < 1.29 is 8.42 Å². The highest BCUT2D eigenvalue weighted by atomic mass is 32.2. The Morgan fingerprint density at radius 3 is 1.94 bits per heavy atom. The summed E-state index contributed by atoms with van der Waals surface area (Å²) in [7, 11) is -1.20. The van der Waals surface area contributed by atoms with Crippen molar-refractivity contribution in [2.24, 2.45) is 0 Å². The third-order valence-electron chi connectivity index (χ3n) is 2.74. The van der Waals surface area contributed by atoms with E-state index >= 15 is 0 Å². The lowest BCUT2D eigenvalue weighted by atomic mass is 10.3. The molecule has 0 aliphatic carbocycles. The molecular formula is C12H28N2O2S. The van der Waals surface area contributed by atoms with Crippen molar-refractivity contribution >= 4 is 10.0 Å². The molecule has 0 aromatic heterocycles. The first kappa shape index (κ1) is 16.9. The molecule has 0 saturated carbocycles. The Bertz CT molecular complexity index is 258. The fourth-order valence-electron chi connectivity index (χ4n) is 1.62. The maximum atomic E-state index is 12.1. The van der Waals surface area contributed by atoms with Crippen molar-refractivity contribution in [1.82, 2.24) is 9.62 Å². The minimum Gasteiger partial charge on any atom is -0.320 e. The van der Waals surface area contributed by atoms with E-state index in [4.69, 9.17) is 0 Å². The molecule has 0 aromatic carbocycles. The summed E-state index contributed by atoms with van der Waals surface area (Å²) in [4.78, 5) is 0. The van der Waals surface area contributed by atoms with Gasteiger partial charge in [-0.2, -0.15) is 0 Å². The number of rotatable bonds is 11. The molecule has 0 spiro atoms. The number of unbranched alkanes of at least 4 members (excludes halogenated alkanes) is 2. The molecule has 5 heteroatoms. The number of nitrogens with one attached hydrogen (secondary N) is 1. The van der Waals surface area contributed by atoms with Crippen LogP contribution in [0.5, 0.6) is 0 Å². The van der Waals surface area contributed by atoms with Crippen molar-refractivity contribution in [2.45, 2.75) is 46.0 Å². The Morgan fingerprint density at radius 1 is 1.00 bits per heavy atom. The predicted molar refractivity (Wildman–Crippen MR) is 73.7 cm³/mol. The Hall–Kier alpha value is -0.130. The molecule has 0 unspecified atom stereocenters. The van der Waals surface area contributed by atoms with Crippen LogP contribution >= 0.6 is 0 Å². The summed E-state index contributed by atoms with van der Waals surface area (Å²) in [5.74, 6) is 0.265. The second-order valence-corrected chi connectivity index (χ2v) is 6.47.